The quantitative estimate of drug-likeness (QED) is 0.690. The van der Waals surface area contributed by atoms with E-state index in [2.05, 4.69) is 23.9 Å². The van der Waals surface area contributed by atoms with Gasteiger partial charge in [-0.1, -0.05) is 26.2 Å². The molecule has 2 unspecified atom stereocenters. The van der Waals surface area contributed by atoms with Crippen LogP contribution in [0.3, 0.4) is 0 Å². The number of hydrogen-bond donors (Lipinski definition) is 1. The Morgan fingerprint density at radius 2 is 2.36 bits per heavy atom. The van der Waals surface area contributed by atoms with Gasteiger partial charge in [-0.05, 0) is 18.8 Å². The summed E-state index contributed by atoms with van der Waals surface area (Å²) in [6.07, 6.45) is 6.60. The Morgan fingerprint density at radius 3 is 2.93 bits per heavy atom. The normalized spacial score (nSPS) is 37.7. The van der Waals surface area contributed by atoms with Crippen molar-refractivity contribution in [3.8, 4) is 0 Å². The van der Waals surface area contributed by atoms with Crippen LogP contribution in [-0.2, 0) is 0 Å². The van der Waals surface area contributed by atoms with Gasteiger partial charge in [0, 0.05) is 7.05 Å². The number of guanidine groups is 1. The Labute approximate surface area is 86.4 Å². The molecule has 2 rings (SSSR count). The molecule has 2 aliphatic rings. The van der Waals surface area contributed by atoms with Gasteiger partial charge in [0.1, 0.15) is 0 Å². The van der Waals surface area contributed by atoms with E-state index in [9.17, 15) is 0 Å². The predicted molar refractivity (Wildman–Crippen MR) is 59.2 cm³/mol. The van der Waals surface area contributed by atoms with Crippen molar-refractivity contribution in [2.45, 2.75) is 44.6 Å². The Bertz CT molecular complexity index is 249. The third-order valence-corrected chi connectivity index (χ3v) is 4.19. The molecule has 0 saturated heterocycles. The maximum Gasteiger partial charge on any atom is 0.191 e. The van der Waals surface area contributed by atoms with Gasteiger partial charge >= 0.3 is 0 Å². The van der Waals surface area contributed by atoms with Gasteiger partial charge in [0.15, 0.2) is 5.96 Å². The summed E-state index contributed by atoms with van der Waals surface area (Å²) in [4.78, 5) is 6.65. The number of nitrogens with two attached hydrogens (primary N) is 1. The van der Waals surface area contributed by atoms with Gasteiger partial charge in [0.25, 0.3) is 0 Å². The molecule has 1 aliphatic heterocycles. The molecular weight excluding hydrogens is 174 g/mol. The highest BCUT2D eigenvalue weighted by atomic mass is 15.3. The second kappa shape index (κ2) is 3.44. The SMILES string of the molecule is CCC1CCCCC12CN=C(N)N2C. The van der Waals surface area contributed by atoms with Crippen LogP contribution < -0.4 is 5.73 Å². The van der Waals surface area contributed by atoms with Crippen molar-refractivity contribution in [1.29, 1.82) is 0 Å². The minimum absolute atomic E-state index is 0.275. The van der Waals surface area contributed by atoms with Crippen LogP contribution in [0.25, 0.3) is 0 Å². The Balaban J connectivity index is 2.21. The van der Waals surface area contributed by atoms with Crippen molar-refractivity contribution in [3.05, 3.63) is 0 Å². The van der Waals surface area contributed by atoms with Crippen molar-refractivity contribution in [2.24, 2.45) is 16.6 Å². The van der Waals surface area contributed by atoms with Gasteiger partial charge in [-0.15, -0.1) is 0 Å². The topological polar surface area (TPSA) is 41.6 Å². The highest BCUT2D eigenvalue weighted by Crippen LogP contribution is 2.41. The first kappa shape index (κ1) is 9.81. The van der Waals surface area contributed by atoms with Gasteiger partial charge in [0.05, 0.1) is 12.1 Å². The highest BCUT2D eigenvalue weighted by molar-refractivity contribution is 5.80. The lowest BCUT2D eigenvalue weighted by Crippen LogP contribution is -2.55. The second-order valence-electron chi connectivity index (χ2n) is 4.69. The number of aliphatic imine (C=N–C) groups is 1. The predicted octanol–water partition coefficient (Wildman–Crippen LogP) is 1.59. The molecule has 3 heteroatoms. The molecule has 0 radical (unpaired) electrons. The molecule has 1 saturated carbocycles. The van der Waals surface area contributed by atoms with Crippen LogP contribution in [0.4, 0.5) is 0 Å². The molecule has 80 valence electrons. The molecular formula is C11H21N3. The zero-order valence-corrected chi connectivity index (χ0v) is 9.29. The molecule has 2 N–H and O–H groups in total. The van der Waals surface area contributed by atoms with E-state index in [0.29, 0.717) is 0 Å². The van der Waals surface area contributed by atoms with Crippen molar-refractivity contribution in [1.82, 2.24) is 4.90 Å². The molecule has 1 spiro atoms. The molecule has 1 aliphatic carbocycles. The van der Waals surface area contributed by atoms with Gasteiger partial charge in [-0.2, -0.15) is 0 Å². The molecule has 0 bridgehead atoms. The van der Waals surface area contributed by atoms with Crippen LogP contribution >= 0.6 is 0 Å². The highest BCUT2D eigenvalue weighted by Gasteiger charge is 2.46. The summed E-state index contributed by atoms with van der Waals surface area (Å²) in [6, 6.07) is 0. The fraction of sp³-hybridized carbons (Fsp3) is 0.909. The fourth-order valence-corrected chi connectivity index (χ4v) is 3.19. The average Bonchev–Trinajstić information content (AvgIpc) is 2.49. The zero-order valence-electron chi connectivity index (χ0n) is 9.29. The molecule has 0 amide bonds. The summed E-state index contributed by atoms with van der Waals surface area (Å²) >= 11 is 0. The van der Waals surface area contributed by atoms with Crippen LogP contribution in [0.15, 0.2) is 4.99 Å². The molecule has 1 fully saturated rings. The number of rotatable bonds is 1. The molecule has 1 heterocycles. The van der Waals surface area contributed by atoms with Gasteiger partial charge < -0.3 is 10.6 Å². The summed E-state index contributed by atoms with van der Waals surface area (Å²) in [6.45, 7) is 3.22. The van der Waals surface area contributed by atoms with Crippen LogP contribution in [-0.4, -0.2) is 30.0 Å². The Morgan fingerprint density at radius 1 is 1.57 bits per heavy atom. The zero-order chi connectivity index (χ0) is 10.2. The first-order valence-corrected chi connectivity index (χ1v) is 5.74. The summed E-state index contributed by atoms with van der Waals surface area (Å²) < 4.78 is 0. The average molecular weight is 195 g/mol. The van der Waals surface area contributed by atoms with E-state index >= 15 is 0 Å². The molecule has 0 aromatic rings. The fourth-order valence-electron chi connectivity index (χ4n) is 3.19. The monoisotopic (exact) mass is 195 g/mol. The van der Waals surface area contributed by atoms with E-state index in [4.69, 9.17) is 5.73 Å². The van der Waals surface area contributed by atoms with Crippen LogP contribution in [0.5, 0.6) is 0 Å². The minimum Gasteiger partial charge on any atom is -0.370 e. The van der Waals surface area contributed by atoms with Gasteiger partial charge in [0.2, 0.25) is 0 Å². The van der Waals surface area contributed by atoms with Gasteiger partial charge in [-0.3, -0.25) is 4.99 Å². The standard InChI is InChI=1S/C11H21N3/c1-3-9-6-4-5-7-11(9)8-13-10(12)14(11)2/h9H,3-8H2,1-2H3,(H2,12,13). The Kier molecular flexibility index (Phi) is 2.41. The third kappa shape index (κ3) is 1.22. The maximum absolute atomic E-state index is 5.88. The Hall–Kier alpha value is -0.730. The first-order valence-electron chi connectivity index (χ1n) is 5.74. The van der Waals surface area contributed by atoms with E-state index in [1.54, 1.807) is 0 Å². The summed E-state index contributed by atoms with van der Waals surface area (Å²) in [7, 11) is 2.11. The summed E-state index contributed by atoms with van der Waals surface area (Å²) in [5.41, 5.74) is 6.15. The van der Waals surface area contributed by atoms with Gasteiger partial charge in [-0.25, -0.2) is 0 Å². The second-order valence-corrected chi connectivity index (χ2v) is 4.69. The molecule has 14 heavy (non-hydrogen) atoms. The molecule has 0 aromatic heterocycles. The lowest BCUT2D eigenvalue weighted by atomic mass is 9.71. The molecule has 0 aromatic carbocycles. The lowest BCUT2D eigenvalue weighted by molar-refractivity contribution is 0.0872. The maximum atomic E-state index is 5.88. The molecule has 2 atom stereocenters. The summed E-state index contributed by atoms with van der Waals surface area (Å²) in [5.74, 6) is 1.52. The summed E-state index contributed by atoms with van der Waals surface area (Å²) in [5, 5.41) is 0. The lowest BCUT2D eigenvalue weighted by Gasteiger charge is -2.46. The van der Waals surface area contributed by atoms with Crippen LogP contribution in [0.1, 0.15) is 39.0 Å². The van der Waals surface area contributed by atoms with Crippen molar-refractivity contribution in [3.63, 3.8) is 0 Å². The van der Waals surface area contributed by atoms with E-state index in [1.165, 1.54) is 32.1 Å². The first-order chi connectivity index (χ1) is 6.70. The van der Waals surface area contributed by atoms with Crippen LogP contribution in [0.2, 0.25) is 0 Å². The van der Waals surface area contributed by atoms with E-state index in [-0.39, 0.29) is 5.54 Å². The number of likely N-dealkylation sites (N-methyl/N-ethyl adjacent to an activating group) is 1. The van der Waals surface area contributed by atoms with Crippen molar-refractivity contribution < 1.29 is 0 Å². The van der Waals surface area contributed by atoms with E-state index in [1.807, 2.05) is 0 Å². The minimum atomic E-state index is 0.275. The van der Waals surface area contributed by atoms with Crippen LogP contribution in [0, 0.1) is 5.92 Å². The largest absolute Gasteiger partial charge is 0.370 e. The van der Waals surface area contributed by atoms with E-state index in [0.717, 1.165) is 18.4 Å². The van der Waals surface area contributed by atoms with Crippen molar-refractivity contribution >= 4 is 5.96 Å². The van der Waals surface area contributed by atoms with Crippen molar-refractivity contribution in [2.75, 3.05) is 13.6 Å². The third-order valence-electron chi connectivity index (χ3n) is 4.19. The number of hydrogen-bond acceptors (Lipinski definition) is 3. The molecule has 3 nitrogen and oxygen atoms in total. The smallest absolute Gasteiger partial charge is 0.191 e. The number of nitrogens with zero attached hydrogens (tertiary/aromatic N) is 2. The van der Waals surface area contributed by atoms with E-state index < -0.39 is 0 Å².